The van der Waals surface area contributed by atoms with Gasteiger partial charge in [0.2, 0.25) is 0 Å². The molecule has 0 saturated carbocycles. The molecule has 2 aromatic carbocycles. The third-order valence-corrected chi connectivity index (χ3v) is 3.27. The first kappa shape index (κ1) is 14.7. The molecule has 0 heterocycles. The van der Waals surface area contributed by atoms with Gasteiger partial charge in [0, 0.05) is 35.8 Å². The van der Waals surface area contributed by atoms with Gasteiger partial charge in [0.05, 0.1) is 4.92 Å². The van der Waals surface area contributed by atoms with Gasteiger partial charge in [-0.1, -0.05) is 36.4 Å². The van der Waals surface area contributed by atoms with Crippen LogP contribution in [-0.2, 0) is 0 Å². The van der Waals surface area contributed by atoms with Gasteiger partial charge in [-0.05, 0) is 13.0 Å². The van der Waals surface area contributed by atoms with Crippen molar-refractivity contribution in [3.05, 3.63) is 69.8 Å². The average Bonchev–Trinajstić information content (AvgIpc) is 2.49. The molecule has 0 aliphatic rings. The van der Waals surface area contributed by atoms with Crippen molar-refractivity contribution in [3.8, 4) is 0 Å². The Balaban J connectivity index is 1.97. The SMILES string of the molecule is Cc1c(NCCC(=O)c2ccccc2)cccc1[N+](=O)[O-]. The molecule has 0 saturated heterocycles. The predicted octanol–water partition coefficient (Wildman–Crippen LogP) is 3.59. The minimum atomic E-state index is -0.407. The molecule has 0 bridgehead atoms. The van der Waals surface area contributed by atoms with Crippen molar-refractivity contribution in [2.24, 2.45) is 0 Å². The fraction of sp³-hybridized carbons (Fsp3) is 0.188. The van der Waals surface area contributed by atoms with E-state index >= 15 is 0 Å². The van der Waals surface area contributed by atoms with Gasteiger partial charge in [-0.15, -0.1) is 0 Å². The Labute approximate surface area is 122 Å². The van der Waals surface area contributed by atoms with Crippen LogP contribution in [0.5, 0.6) is 0 Å². The van der Waals surface area contributed by atoms with E-state index in [9.17, 15) is 14.9 Å². The molecule has 5 nitrogen and oxygen atoms in total. The van der Waals surface area contributed by atoms with Gasteiger partial charge in [0.25, 0.3) is 5.69 Å². The van der Waals surface area contributed by atoms with Gasteiger partial charge in [-0.2, -0.15) is 0 Å². The molecule has 0 aliphatic heterocycles. The van der Waals surface area contributed by atoms with Gasteiger partial charge in [0.15, 0.2) is 5.78 Å². The van der Waals surface area contributed by atoms with Crippen molar-refractivity contribution in [2.75, 3.05) is 11.9 Å². The molecule has 21 heavy (non-hydrogen) atoms. The largest absolute Gasteiger partial charge is 0.384 e. The van der Waals surface area contributed by atoms with Crippen molar-refractivity contribution >= 4 is 17.2 Å². The highest BCUT2D eigenvalue weighted by Crippen LogP contribution is 2.24. The van der Waals surface area contributed by atoms with Crippen LogP contribution in [0.15, 0.2) is 48.5 Å². The predicted molar refractivity (Wildman–Crippen MR) is 81.7 cm³/mol. The summed E-state index contributed by atoms with van der Waals surface area (Å²) in [5.74, 6) is 0.0474. The lowest BCUT2D eigenvalue weighted by Gasteiger charge is -2.09. The van der Waals surface area contributed by atoms with Crippen LogP contribution >= 0.6 is 0 Å². The number of nitro benzene ring substituents is 1. The molecule has 1 N–H and O–H groups in total. The second-order valence-electron chi connectivity index (χ2n) is 4.67. The Bertz CT molecular complexity index is 654. The first-order valence-electron chi connectivity index (χ1n) is 6.65. The maximum atomic E-state index is 11.9. The number of hydrogen-bond donors (Lipinski definition) is 1. The number of benzene rings is 2. The van der Waals surface area contributed by atoms with E-state index in [1.807, 2.05) is 18.2 Å². The maximum Gasteiger partial charge on any atom is 0.274 e. The fourth-order valence-corrected chi connectivity index (χ4v) is 2.09. The zero-order valence-corrected chi connectivity index (χ0v) is 11.7. The van der Waals surface area contributed by atoms with E-state index in [1.165, 1.54) is 6.07 Å². The maximum absolute atomic E-state index is 11.9. The zero-order valence-electron chi connectivity index (χ0n) is 11.7. The number of anilines is 1. The highest BCUT2D eigenvalue weighted by atomic mass is 16.6. The molecule has 0 amide bonds. The van der Waals surface area contributed by atoms with Crippen LogP contribution in [0.3, 0.4) is 0 Å². The minimum Gasteiger partial charge on any atom is -0.384 e. The third-order valence-electron chi connectivity index (χ3n) is 3.27. The van der Waals surface area contributed by atoms with Crippen molar-refractivity contribution < 1.29 is 9.72 Å². The molecule has 0 unspecified atom stereocenters. The second-order valence-corrected chi connectivity index (χ2v) is 4.67. The van der Waals surface area contributed by atoms with Crippen LogP contribution in [0.25, 0.3) is 0 Å². The lowest BCUT2D eigenvalue weighted by molar-refractivity contribution is -0.385. The fourth-order valence-electron chi connectivity index (χ4n) is 2.09. The highest BCUT2D eigenvalue weighted by molar-refractivity contribution is 5.96. The van der Waals surface area contributed by atoms with Crippen molar-refractivity contribution in [3.63, 3.8) is 0 Å². The average molecular weight is 284 g/mol. The number of nitro groups is 1. The summed E-state index contributed by atoms with van der Waals surface area (Å²) < 4.78 is 0. The van der Waals surface area contributed by atoms with Crippen LogP contribution in [0.1, 0.15) is 22.3 Å². The van der Waals surface area contributed by atoms with Crippen LogP contribution in [0, 0.1) is 17.0 Å². The van der Waals surface area contributed by atoms with E-state index in [-0.39, 0.29) is 11.5 Å². The number of ketones is 1. The molecule has 0 atom stereocenters. The van der Waals surface area contributed by atoms with E-state index in [0.717, 1.165) is 0 Å². The molecule has 5 heteroatoms. The number of Topliss-reactive ketones (excluding diaryl/α,β-unsaturated/α-hetero) is 1. The molecule has 0 aromatic heterocycles. The van der Waals surface area contributed by atoms with Gasteiger partial charge in [-0.3, -0.25) is 14.9 Å². The number of nitrogens with zero attached hydrogens (tertiary/aromatic N) is 1. The highest BCUT2D eigenvalue weighted by Gasteiger charge is 2.13. The van der Waals surface area contributed by atoms with Gasteiger partial charge >= 0.3 is 0 Å². The summed E-state index contributed by atoms with van der Waals surface area (Å²) in [6.07, 6.45) is 0.339. The number of carbonyl (C=O) groups excluding carboxylic acids is 1. The molecular formula is C16H16N2O3. The van der Waals surface area contributed by atoms with Crippen molar-refractivity contribution in [1.29, 1.82) is 0 Å². The van der Waals surface area contributed by atoms with Crippen LogP contribution in [0.2, 0.25) is 0 Å². The second kappa shape index (κ2) is 6.65. The third kappa shape index (κ3) is 3.66. The smallest absolute Gasteiger partial charge is 0.274 e. The van der Waals surface area contributed by atoms with Crippen molar-refractivity contribution in [1.82, 2.24) is 0 Å². The summed E-state index contributed by atoms with van der Waals surface area (Å²) >= 11 is 0. The van der Waals surface area contributed by atoms with Crippen LogP contribution < -0.4 is 5.32 Å². The monoisotopic (exact) mass is 284 g/mol. The summed E-state index contributed by atoms with van der Waals surface area (Å²) in [5, 5.41) is 13.9. The normalized spacial score (nSPS) is 10.1. The van der Waals surface area contributed by atoms with Gasteiger partial charge in [0.1, 0.15) is 0 Å². The zero-order chi connectivity index (χ0) is 15.2. The summed E-state index contributed by atoms with van der Waals surface area (Å²) in [4.78, 5) is 22.4. The topological polar surface area (TPSA) is 72.2 Å². The van der Waals surface area contributed by atoms with Gasteiger partial charge < -0.3 is 5.32 Å². The number of hydrogen-bond acceptors (Lipinski definition) is 4. The Hall–Kier alpha value is -2.69. The summed E-state index contributed by atoms with van der Waals surface area (Å²) in [7, 11) is 0. The van der Waals surface area contributed by atoms with E-state index in [1.54, 1.807) is 31.2 Å². The standard InChI is InChI=1S/C16H16N2O3/c1-12-14(8-5-9-15(12)18(20)21)17-11-10-16(19)13-6-3-2-4-7-13/h2-9,17H,10-11H2,1H3. The summed E-state index contributed by atoms with van der Waals surface area (Å²) in [6, 6.07) is 13.9. The number of nitrogens with one attached hydrogen (secondary N) is 1. The van der Waals surface area contributed by atoms with E-state index < -0.39 is 4.92 Å². The Morgan fingerprint density at radius 2 is 1.86 bits per heavy atom. The molecule has 0 aliphatic carbocycles. The number of rotatable bonds is 6. The van der Waals surface area contributed by atoms with Crippen LogP contribution in [-0.4, -0.2) is 17.3 Å². The lowest BCUT2D eigenvalue weighted by Crippen LogP contribution is -2.10. The Kier molecular flexibility index (Phi) is 4.66. The minimum absolute atomic E-state index is 0.0474. The molecule has 2 rings (SSSR count). The Morgan fingerprint density at radius 1 is 1.14 bits per heavy atom. The van der Waals surface area contributed by atoms with E-state index in [0.29, 0.717) is 29.8 Å². The molecule has 0 radical (unpaired) electrons. The molecule has 0 fully saturated rings. The molecule has 108 valence electrons. The molecule has 2 aromatic rings. The van der Waals surface area contributed by atoms with E-state index in [4.69, 9.17) is 0 Å². The number of carbonyl (C=O) groups is 1. The Morgan fingerprint density at radius 3 is 2.52 bits per heavy atom. The van der Waals surface area contributed by atoms with E-state index in [2.05, 4.69) is 5.32 Å². The van der Waals surface area contributed by atoms with Crippen LogP contribution in [0.4, 0.5) is 11.4 Å². The van der Waals surface area contributed by atoms with Crippen molar-refractivity contribution in [2.45, 2.75) is 13.3 Å². The first-order chi connectivity index (χ1) is 10.1. The molecular weight excluding hydrogens is 268 g/mol. The quantitative estimate of drug-likeness (QED) is 0.500. The summed E-state index contributed by atoms with van der Waals surface area (Å²) in [6.45, 7) is 2.13. The lowest BCUT2D eigenvalue weighted by atomic mass is 10.1. The molecule has 0 spiro atoms. The first-order valence-corrected chi connectivity index (χ1v) is 6.65. The summed E-state index contributed by atoms with van der Waals surface area (Å²) in [5.41, 5.74) is 2.02. The van der Waals surface area contributed by atoms with Gasteiger partial charge in [-0.25, -0.2) is 0 Å².